The molecule has 2 aromatic carbocycles. The minimum Gasteiger partial charge on any atom is -0.504 e. The van der Waals surface area contributed by atoms with Crippen LogP contribution in [-0.2, 0) is 31.8 Å². The van der Waals surface area contributed by atoms with E-state index in [4.69, 9.17) is 28.4 Å². The largest absolute Gasteiger partial charge is 0.504 e. The first-order valence-corrected chi connectivity index (χ1v) is 15.5. The predicted octanol–water partition coefficient (Wildman–Crippen LogP) is -2.23. The molecule has 270 valence electrons. The molecule has 2 aliphatic heterocycles. The first-order valence-electron chi connectivity index (χ1n) is 15.5. The van der Waals surface area contributed by atoms with Gasteiger partial charge in [0.05, 0.1) is 40.6 Å². The van der Waals surface area contributed by atoms with Crippen molar-refractivity contribution in [2.45, 2.75) is 74.3 Å². The number of aliphatic hydroxyl groups excluding tert-OH is 8. The van der Waals surface area contributed by atoms with Crippen LogP contribution in [0.1, 0.15) is 11.1 Å². The molecule has 16 heteroatoms. The number of rotatable bonds is 15. The van der Waals surface area contributed by atoms with Gasteiger partial charge in [-0.15, -0.1) is 0 Å². The van der Waals surface area contributed by atoms with Crippen LogP contribution in [0.4, 0.5) is 0 Å². The summed E-state index contributed by atoms with van der Waals surface area (Å²) >= 11 is 0. The number of ether oxygens (including phenoxy) is 6. The van der Waals surface area contributed by atoms with E-state index in [1.165, 1.54) is 26.4 Å². The summed E-state index contributed by atoms with van der Waals surface area (Å²) in [5, 5.41) is 102. The molecule has 2 fully saturated rings. The number of hydrogen-bond acceptors (Lipinski definition) is 16. The maximum atomic E-state index is 10.6. The minimum absolute atomic E-state index is 0.0888. The summed E-state index contributed by atoms with van der Waals surface area (Å²) in [5.74, 6) is -0.854. The van der Waals surface area contributed by atoms with Crippen LogP contribution in [0.2, 0.25) is 0 Å². The lowest BCUT2D eigenvalue weighted by atomic mass is 9.83. The highest BCUT2D eigenvalue weighted by molar-refractivity contribution is 5.43. The molecule has 2 heterocycles. The fraction of sp³-hybridized carbons (Fsp3) is 0.625. The lowest BCUT2D eigenvalue weighted by Gasteiger charge is -2.41. The number of methoxy groups -OCH3 is 2. The summed E-state index contributed by atoms with van der Waals surface area (Å²) in [4.78, 5) is 0. The molecule has 0 bridgehead atoms. The van der Waals surface area contributed by atoms with Crippen LogP contribution in [0.15, 0.2) is 36.4 Å². The van der Waals surface area contributed by atoms with Crippen LogP contribution in [0.25, 0.3) is 0 Å². The second-order valence-corrected chi connectivity index (χ2v) is 12.0. The van der Waals surface area contributed by atoms with Crippen molar-refractivity contribution in [3.8, 4) is 23.0 Å². The smallest absolute Gasteiger partial charge is 0.186 e. The molecule has 0 aromatic heterocycles. The maximum absolute atomic E-state index is 10.6. The Hall–Kier alpha value is -2.84. The molecule has 48 heavy (non-hydrogen) atoms. The van der Waals surface area contributed by atoms with E-state index in [1.807, 2.05) is 0 Å². The Labute approximate surface area is 276 Å². The third kappa shape index (κ3) is 8.84. The van der Waals surface area contributed by atoms with Crippen LogP contribution in [0.5, 0.6) is 23.0 Å². The van der Waals surface area contributed by atoms with Gasteiger partial charge >= 0.3 is 0 Å². The highest BCUT2D eigenvalue weighted by Crippen LogP contribution is 2.34. The Balaban J connectivity index is 1.66. The first kappa shape index (κ1) is 38.0. The molecule has 2 saturated heterocycles. The molecule has 0 aliphatic carbocycles. The standard InChI is InChI=1S/C32H46O16/c1-43-21-9-15(3-5-19(21)35)7-17(13-45-31-29(41)27(39)25(37)23(11-33)47-31)18(8-16-4-6-20(36)22(10-16)44-2)14-46-32-30(42)28(40)26(38)24(12-34)48-32/h3-6,9-10,17-18,23-42H,7-8,11-14H2,1-2H3/t17-,18?,23+,24+,25+,26+,27-,28-,29+,30+,31+,32+/m0/s1. The summed E-state index contributed by atoms with van der Waals surface area (Å²) in [5.41, 5.74) is 1.38. The van der Waals surface area contributed by atoms with E-state index < -0.39 is 86.5 Å². The second-order valence-electron chi connectivity index (χ2n) is 12.0. The molecule has 2 aromatic rings. The lowest BCUT2D eigenvalue weighted by Crippen LogP contribution is -2.59. The fourth-order valence-corrected chi connectivity index (χ4v) is 5.87. The lowest BCUT2D eigenvalue weighted by molar-refractivity contribution is -0.308. The van der Waals surface area contributed by atoms with Gasteiger partial charge < -0.3 is 79.5 Å². The molecule has 1 unspecified atom stereocenters. The van der Waals surface area contributed by atoms with Gasteiger partial charge in [0.2, 0.25) is 0 Å². The molecule has 4 rings (SSSR count). The van der Waals surface area contributed by atoms with Crippen LogP contribution in [-0.4, -0.2) is 153 Å². The van der Waals surface area contributed by atoms with Gasteiger partial charge in [-0.1, -0.05) is 12.1 Å². The molecule has 12 atom stereocenters. The molecule has 16 nitrogen and oxygen atoms in total. The van der Waals surface area contributed by atoms with Gasteiger partial charge in [0.25, 0.3) is 0 Å². The summed E-state index contributed by atoms with van der Waals surface area (Å²) < 4.78 is 33.6. The maximum Gasteiger partial charge on any atom is 0.186 e. The Morgan fingerprint density at radius 2 is 0.958 bits per heavy atom. The number of hydrogen-bond donors (Lipinski definition) is 10. The van der Waals surface area contributed by atoms with Crippen LogP contribution in [0, 0.1) is 11.8 Å². The number of phenols is 2. The van der Waals surface area contributed by atoms with E-state index in [2.05, 4.69) is 0 Å². The first-order chi connectivity index (χ1) is 22.9. The second kappa shape index (κ2) is 17.2. The summed E-state index contributed by atoms with van der Waals surface area (Å²) in [7, 11) is 2.79. The summed E-state index contributed by atoms with van der Waals surface area (Å²) in [6.07, 6.45) is -14.7. The zero-order chi connectivity index (χ0) is 35.1. The van der Waals surface area contributed by atoms with Crippen molar-refractivity contribution >= 4 is 0 Å². The SMILES string of the molecule is COc1cc(CC(CO[C@@H]2O[C@H](CO)[C@@H](O)[C@H](O)[C@H]2O)[C@H](CO[C@@H]2O[C@H](CO)[C@@H](O)[C@H](O)[C@H]2O)Cc2ccc(O)c(OC)c2)ccc1O. The third-order valence-corrected chi connectivity index (χ3v) is 8.80. The molecular formula is C32H46O16. The predicted molar refractivity (Wildman–Crippen MR) is 163 cm³/mol. The molecule has 10 N–H and O–H groups in total. The number of benzene rings is 2. The quantitative estimate of drug-likeness (QED) is 0.0951. The third-order valence-electron chi connectivity index (χ3n) is 8.80. The van der Waals surface area contributed by atoms with Crippen molar-refractivity contribution in [3.63, 3.8) is 0 Å². The highest BCUT2D eigenvalue weighted by atomic mass is 16.7. The van der Waals surface area contributed by atoms with Crippen molar-refractivity contribution in [1.29, 1.82) is 0 Å². The van der Waals surface area contributed by atoms with Crippen molar-refractivity contribution in [1.82, 2.24) is 0 Å². The Bertz CT molecular complexity index is 1200. The van der Waals surface area contributed by atoms with Crippen LogP contribution < -0.4 is 9.47 Å². The Morgan fingerprint density at radius 1 is 0.583 bits per heavy atom. The van der Waals surface area contributed by atoms with Crippen molar-refractivity contribution in [2.24, 2.45) is 11.8 Å². The van der Waals surface area contributed by atoms with E-state index in [0.29, 0.717) is 11.1 Å². The van der Waals surface area contributed by atoms with E-state index in [-0.39, 0.29) is 49.1 Å². The molecule has 0 saturated carbocycles. The topological polar surface area (TPSA) is 258 Å². The van der Waals surface area contributed by atoms with Gasteiger partial charge in [-0.2, -0.15) is 0 Å². The van der Waals surface area contributed by atoms with Gasteiger partial charge in [0.1, 0.15) is 48.8 Å². The van der Waals surface area contributed by atoms with Gasteiger partial charge in [0.15, 0.2) is 35.6 Å². The highest BCUT2D eigenvalue weighted by Gasteiger charge is 2.46. The number of phenolic OH excluding ortho intramolecular Hbond substituents is 2. The van der Waals surface area contributed by atoms with Crippen molar-refractivity contribution in [2.75, 3.05) is 40.6 Å². The van der Waals surface area contributed by atoms with Crippen LogP contribution >= 0.6 is 0 Å². The van der Waals surface area contributed by atoms with Gasteiger partial charge in [-0.05, 0) is 60.1 Å². The molecular weight excluding hydrogens is 640 g/mol. The minimum atomic E-state index is -1.67. The van der Waals surface area contributed by atoms with Crippen molar-refractivity contribution < 1.29 is 79.5 Å². The average Bonchev–Trinajstić information content (AvgIpc) is 3.09. The van der Waals surface area contributed by atoms with E-state index in [0.717, 1.165) is 0 Å². The summed E-state index contributed by atoms with van der Waals surface area (Å²) in [6.45, 7) is -1.63. The zero-order valence-corrected chi connectivity index (χ0v) is 26.6. The van der Waals surface area contributed by atoms with Gasteiger partial charge in [-0.25, -0.2) is 0 Å². The van der Waals surface area contributed by atoms with E-state index in [9.17, 15) is 51.1 Å². The summed E-state index contributed by atoms with van der Waals surface area (Å²) in [6, 6.07) is 9.47. The van der Waals surface area contributed by atoms with Gasteiger partial charge in [-0.3, -0.25) is 0 Å². The number of aromatic hydroxyl groups is 2. The monoisotopic (exact) mass is 686 g/mol. The Morgan fingerprint density at radius 3 is 1.29 bits per heavy atom. The molecule has 2 aliphatic rings. The molecule has 0 amide bonds. The van der Waals surface area contributed by atoms with Gasteiger partial charge in [0, 0.05) is 0 Å². The zero-order valence-electron chi connectivity index (χ0n) is 26.6. The normalized spacial score (nSPS) is 32.0. The van der Waals surface area contributed by atoms with Crippen molar-refractivity contribution in [3.05, 3.63) is 47.5 Å². The average molecular weight is 687 g/mol. The molecule has 0 spiro atoms. The Kier molecular flexibility index (Phi) is 13.6. The van der Waals surface area contributed by atoms with E-state index >= 15 is 0 Å². The number of aliphatic hydroxyl groups is 8. The van der Waals surface area contributed by atoms with E-state index in [1.54, 1.807) is 24.3 Å². The fourth-order valence-electron chi connectivity index (χ4n) is 5.87. The molecule has 0 radical (unpaired) electrons. The van der Waals surface area contributed by atoms with Crippen LogP contribution in [0.3, 0.4) is 0 Å².